The van der Waals surface area contributed by atoms with Crippen LogP contribution in [0.5, 0.6) is 5.75 Å². The highest BCUT2D eigenvalue weighted by Crippen LogP contribution is 2.24. The Kier molecular flexibility index (Phi) is 2.98. The fraction of sp³-hybridized carbons (Fsp3) is 0.400. The Morgan fingerprint density at radius 1 is 1.43 bits per heavy atom. The fourth-order valence-electron chi connectivity index (χ4n) is 1.48. The van der Waals surface area contributed by atoms with E-state index in [1.54, 1.807) is 0 Å². The first-order valence-electron chi connectivity index (χ1n) is 4.54. The quantitative estimate of drug-likeness (QED) is 0.730. The molecule has 1 aliphatic heterocycles. The van der Waals surface area contributed by atoms with Gasteiger partial charge < -0.3 is 14.3 Å². The summed E-state index contributed by atoms with van der Waals surface area (Å²) in [5, 5.41) is 0. The standard InChI is InChI=1S/C10H13NO3/c11-14-4-3-8-1-2-10-9(5-8)6-12-7-13-10/h1-2,5H,3-4,6-7,11H2. The van der Waals surface area contributed by atoms with E-state index < -0.39 is 0 Å². The Labute approximate surface area is 82.5 Å². The normalized spacial score (nSPS) is 14.6. The highest BCUT2D eigenvalue weighted by Gasteiger charge is 2.10. The summed E-state index contributed by atoms with van der Waals surface area (Å²) >= 11 is 0. The van der Waals surface area contributed by atoms with Gasteiger partial charge in [-0.25, -0.2) is 5.90 Å². The second-order valence-electron chi connectivity index (χ2n) is 3.17. The van der Waals surface area contributed by atoms with Gasteiger partial charge in [0.15, 0.2) is 6.79 Å². The van der Waals surface area contributed by atoms with Gasteiger partial charge in [0, 0.05) is 5.56 Å². The van der Waals surface area contributed by atoms with E-state index in [0.29, 0.717) is 20.0 Å². The van der Waals surface area contributed by atoms with Gasteiger partial charge in [0.25, 0.3) is 0 Å². The summed E-state index contributed by atoms with van der Waals surface area (Å²) in [6, 6.07) is 6.04. The summed E-state index contributed by atoms with van der Waals surface area (Å²) in [5.74, 6) is 5.88. The van der Waals surface area contributed by atoms with E-state index in [1.165, 1.54) is 5.56 Å². The van der Waals surface area contributed by atoms with E-state index in [9.17, 15) is 0 Å². The molecule has 1 aliphatic rings. The van der Waals surface area contributed by atoms with E-state index in [0.717, 1.165) is 17.7 Å². The average molecular weight is 195 g/mol. The summed E-state index contributed by atoms with van der Waals surface area (Å²) in [6.07, 6.45) is 0.809. The smallest absolute Gasteiger partial charge is 0.189 e. The Bertz CT molecular complexity index is 314. The maximum Gasteiger partial charge on any atom is 0.189 e. The topological polar surface area (TPSA) is 53.7 Å². The fourth-order valence-corrected chi connectivity index (χ4v) is 1.48. The SMILES string of the molecule is NOCCc1ccc2c(c1)COCO2. The van der Waals surface area contributed by atoms with Gasteiger partial charge in [-0.1, -0.05) is 6.07 Å². The predicted molar refractivity (Wildman–Crippen MR) is 50.6 cm³/mol. The van der Waals surface area contributed by atoms with Gasteiger partial charge in [0.1, 0.15) is 5.75 Å². The maximum atomic E-state index is 5.30. The van der Waals surface area contributed by atoms with Crippen LogP contribution in [0.15, 0.2) is 18.2 Å². The van der Waals surface area contributed by atoms with Crippen LogP contribution in [0.25, 0.3) is 0 Å². The van der Waals surface area contributed by atoms with Gasteiger partial charge in [-0.3, -0.25) is 0 Å². The van der Waals surface area contributed by atoms with Crippen LogP contribution < -0.4 is 10.6 Å². The zero-order chi connectivity index (χ0) is 9.80. The van der Waals surface area contributed by atoms with E-state index in [-0.39, 0.29) is 0 Å². The Hall–Kier alpha value is -1.10. The lowest BCUT2D eigenvalue weighted by Gasteiger charge is -2.18. The summed E-state index contributed by atoms with van der Waals surface area (Å²) in [5.41, 5.74) is 2.27. The van der Waals surface area contributed by atoms with Gasteiger partial charge >= 0.3 is 0 Å². The largest absolute Gasteiger partial charge is 0.467 e. The van der Waals surface area contributed by atoms with Crippen molar-refractivity contribution < 1.29 is 14.3 Å². The van der Waals surface area contributed by atoms with Crippen LogP contribution >= 0.6 is 0 Å². The van der Waals surface area contributed by atoms with Crippen molar-refractivity contribution in [2.24, 2.45) is 5.90 Å². The van der Waals surface area contributed by atoms with Crippen molar-refractivity contribution in [3.8, 4) is 5.75 Å². The van der Waals surface area contributed by atoms with Gasteiger partial charge in [0.05, 0.1) is 13.2 Å². The molecule has 76 valence electrons. The molecular weight excluding hydrogens is 182 g/mol. The third kappa shape index (κ3) is 2.04. The van der Waals surface area contributed by atoms with Crippen LogP contribution in [-0.4, -0.2) is 13.4 Å². The lowest BCUT2D eigenvalue weighted by atomic mass is 10.1. The number of nitrogens with two attached hydrogens (primary N) is 1. The van der Waals surface area contributed by atoms with E-state index >= 15 is 0 Å². The number of hydrogen-bond donors (Lipinski definition) is 1. The minimum atomic E-state index is 0.345. The van der Waals surface area contributed by atoms with Crippen molar-refractivity contribution in [3.05, 3.63) is 29.3 Å². The monoisotopic (exact) mass is 195 g/mol. The second-order valence-corrected chi connectivity index (χ2v) is 3.17. The molecule has 14 heavy (non-hydrogen) atoms. The van der Waals surface area contributed by atoms with Crippen LogP contribution in [0, 0.1) is 0 Å². The number of benzene rings is 1. The van der Waals surface area contributed by atoms with Crippen LogP contribution in [0.4, 0.5) is 0 Å². The van der Waals surface area contributed by atoms with Crippen LogP contribution in [0.3, 0.4) is 0 Å². The summed E-state index contributed by atoms with van der Waals surface area (Å²) in [4.78, 5) is 4.53. The summed E-state index contributed by atoms with van der Waals surface area (Å²) in [6.45, 7) is 1.49. The van der Waals surface area contributed by atoms with Crippen molar-refractivity contribution >= 4 is 0 Å². The molecule has 0 fully saturated rings. The Morgan fingerprint density at radius 3 is 3.21 bits per heavy atom. The van der Waals surface area contributed by atoms with Crippen molar-refractivity contribution in [1.29, 1.82) is 0 Å². The third-order valence-electron chi connectivity index (χ3n) is 2.19. The molecule has 0 aliphatic carbocycles. The van der Waals surface area contributed by atoms with Crippen molar-refractivity contribution in [2.75, 3.05) is 13.4 Å². The molecule has 0 saturated heterocycles. The molecule has 1 heterocycles. The molecular formula is C10H13NO3. The molecule has 4 heteroatoms. The van der Waals surface area contributed by atoms with Gasteiger partial charge in [-0.15, -0.1) is 0 Å². The minimum absolute atomic E-state index is 0.345. The molecule has 0 aromatic heterocycles. The van der Waals surface area contributed by atoms with Gasteiger partial charge in [-0.05, 0) is 24.1 Å². The first-order valence-corrected chi connectivity index (χ1v) is 4.54. The zero-order valence-electron chi connectivity index (χ0n) is 7.86. The molecule has 0 radical (unpaired) electrons. The second kappa shape index (κ2) is 4.41. The molecule has 0 bridgehead atoms. The molecule has 4 nitrogen and oxygen atoms in total. The number of ether oxygens (including phenoxy) is 2. The van der Waals surface area contributed by atoms with E-state index in [2.05, 4.69) is 10.9 Å². The Morgan fingerprint density at radius 2 is 2.36 bits per heavy atom. The highest BCUT2D eigenvalue weighted by molar-refractivity contribution is 5.37. The van der Waals surface area contributed by atoms with E-state index in [1.807, 2.05) is 12.1 Å². The highest BCUT2D eigenvalue weighted by atomic mass is 16.7. The molecule has 2 rings (SSSR count). The lowest BCUT2D eigenvalue weighted by Crippen LogP contribution is -2.12. The molecule has 0 atom stereocenters. The van der Waals surface area contributed by atoms with Crippen LogP contribution in [-0.2, 0) is 22.6 Å². The predicted octanol–water partition coefficient (Wildman–Crippen LogP) is 0.986. The molecule has 2 N–H and O–H groups in total. The molecule has 0 amide bonds. The van der Waals surface area contributed by atoms with Crippen LogP contribution in [0.1, 0.15) is 11.1 Å². The molecule has 1 aromatic carbocycles. The zero-order valence-corrected chi connectivity index (χ0v) is 7.86. The number of hydrogen-bond acceptors (Lipinski definition) is 4. The third-order valence-corrected chi connectivity index (χ3v) is 2.19. The number of fused-ring (bicyclic) bond motifs is 1. The molecule has 0 unspecified atom stereocenters. The van der Waals surface area contributed by atoms with Crippen molar-refractivity contribution in [1.82, 2.24) is 0 Å². The van der Waals surface area contributed by atoms with Crippen molar-refractivity contribution in [2.45, 2.75) is 13.0 Å². The lowest BCUT2D eigenvalue weighted by molar-refractivity contribution is -0.0164. The van der Waals surface area contributed by atoms with Gasteiger partial charge in [0.2, 0.25) is 0 Å². The minimum Gasteiger partial charge on any atom is -0.467 e. The van der Waals surface area contributed by atoms with Gasteiger partial charge in [-0.2, -0.15) is 0 Å². The maximum absolute atomic E-state index is 5.30. The Balaban J connectivity index is 2.12. The summed E-state index contributed by atoms with van der Waals surface area (Å²) in [7, 11) is 0. The number of rotatable bonds is 3. The molecule has 0 saturated carbocycles. The molecule has 1 aromatic rings. The van der Waals surface area contributed by atoms with Crippen molar-refractivity contribution in [3.63, 3.8) is 0 Å². The van der Waals surface area contributed by atoms with E-state index in [4.69, 9.17) is 15.4 Å². The van der Waals surface area contributed by atoms with Crippen LogP contribution in [0.2, 0.25) is 0 Å². The first-order chi connectivity index (χ1) is 6.90. The molecule has 0 spiro atoms. The summed E-state index contributed by atoms with van der Waals surface area (Å²) < 4.78 is 10.5. The first kappa shape index (κ1) is 9.45. The average Bonchev–Trinajstić information content (AvgIpc) is 2.26.